The molecule has 0 radical (unpaired) electrons. The molecule has 1 N–H and O–H groups in total. The largest absolute Gasteiger partial charge is 0.316 e. The van der Waals surface area contributed by atoms with Gasteiger partial charge in [-0.05, 0) is 35.1 Å². The van der Waals surface area contributed by atoms with Crippen LogP contribution in [-0.4, -0.2) is 63.7 Å². The molecule has 0 saturated carbocycles. The Kier molecular flexibility index (Phi) is 6.34. The number of likely N-dealkylation sites (N-methyl/N-ethyl adjacent to an activating group) is 3. The lowest BCUT2D eigenvalue weighted by Gasteiger charge is -2.22. The van der Waals surface area contributed by atoms with Gasteiger partial charge < -0.3 is 15.1 Å². The van der Waals surface area contributed by atoms with E-state index in [1.807, 2.05) is 7.05 Å². The third-order valence-corrected chi connectivity index (χ3v) is 2.01. The predicted octanol–water partition coefficient (Wildman–Crippen LogP) is 0.0877. The molecule has 0 aromatic rings. The van der Waals surface area contributed by atoms with E-state index in [4.69, 9.17) is 0 Å². The Hall–Kier alpha value is -0.120. The first kappa shape index (κ1) is 11.9. The molecule has 0 aliphatic heterocycles. The van der Waals surface area contributed by atoms with Crippen molar-refractivity contribution in [2.75, 3.05) is 47.8 Å². The van der Waals surface area contributed by atoms with E-state index in [0.29, 0.717) is 6.04 Å². The second-order valence-electron chi connectivity index (χ2n) is 3.76. The lowest BCUT2D eigenvalue weighted by molar-refractivity contribution is 0.264. The van der Waals surface area contributed by atoms with Crippen molar-refractivity contribution in [2.24, 2.45) is 0 Å². The third-order valence-electron chi connectivity index (χ3n) is 2.01. The van der Waals surface area contributed by atoms with E-state index in [9.17, 15) is 0 Å². The van der Waals surface area contributed by atoms with Crippen LogP contribution in [0.4, 0.5) is 0 Å². The minimum absolute atomic E-state index is 0.581. The van der Waals surface area contributed by atoms with Gasteiger partial charge in [0.25, 0.3) is 0 Å². The maximum atomic E-state index is 3.23. The Morgan fingerprint density at radius 3 is 2.17 bits per heavy atom. The van der Waals surface area contributed by atoms with E-state index < -0.39 is 0 Å². The van der Waals surface area contributed by atoms with Crippen LogP contribution < -0.4 is 5.32 Å². The fraction of sp³-hybridized carbons (Fsp3) is 1.00. The molecule has 1 unspecified atom stereocenters. The van der Waals surface area contributed by atoms with E-state index in [-0.39, 0.29) is 0 Å². The summed E-state index contributed by atoms with van der Waals surface area (Å²) in [7, 11) is 8.38. The van der Waals surface area contributed by atoms with Crippen LogP contribution in [0.1, 0.15) is 6.92 Å². The van der Waals surface area contributed by atoms with Crippen LogP contribution in [0.2, 0.25) is 0 Å². The highest BCUT2D eigenvalue weighted by atomic mass is 15.2. The number of hydrogen-bond donors (Lipinski definition) is 1. The highest BCUT2D eigenvalue weighted by Crippen LogP contribution is 1.88. The summed E-state index contributed by atoms with van der Waals surface area (Å²) >= 11 is 0. The van der Waals surface area contributed by atoms with E-state index in [0.717, 1.165) is 19.6 Å². The van der Waals surface area contributed by atoms with Crippen LogP contribution in [0.25, 0.3) is 0 Å². The lowest BCUT2D eigenvalue weighted by atomic mass is 10.3. The van der Waals surface area contributed by atoms with Crippen molar-refractivity contribution in [1.29, 1.82) is 0 Å². The first-order chi connectivity index (χ1) is 5.56. The number of nitrogens with zero attached hydrogens (tertiary/aromatic N) is 2. The molecule has 3 heteroatoms. The quantitative estimate of drug-likeness (QED) is 0.614. The summed E-state index contributed by atoms with van der Waals surface area (Å²) in [5.74, 6) is 0. The summed E-state index contributed by atoms with van der Waals surface area (Å²) in [5.41, 5.74) is 0. The van der Waals surface area contributed by atoms with Crippen LogP contribution in [-0.2, 0) is 0 Å². The zero-order valence-electron chi connectivity index (χ0n) is 9.09. The minimum atomic E-state index is 0.581. The maximum absolute atomic E-state index is 3.23. The van der Waals surface area contributed by atoms with E-state index in [1.165, 1.54) is 0 Å². The molecule has 1 atom stereocenters. The standard InChI is InChI=1S/C9H23N3/c1-9(10-2)8-12(5)7-6-11(3)4/h9-10H,6-8H2,1-5H3. The fourth-order valence-corrected chi connectivity index (χ4v) is 1.02. The van der Waals surface area contributed by atoms with Crippen LogP contribution in [0.3, 0.4) is 0 Å². The van der Waals surface area contributed by atoms with Crippen LogP contribution in [0.15, 0.2) is 0 Å². The summed E-state index contributed by atoms with van der Waals surface area (Å²) in [6.45, 7) is 5.59. The molecular formula is C9H23N3. The zero-order valence-corrected chi connectivity index (χ0v) is 9.09. The summed E-state index contributed by atoms with van der Waals surface area (Å²) in [6.07, 6.45) is 0. The Bertz CT molecular complexity index is 104. The minimum Gasteiger partial charge on any atom is -0.316 e. The molecule has 0 spiro atoms. The van der Waals surface area contributed by atoms with Gasteiger partial charge in [0, 0.05) is 25.7 Å². The van der Waals surface area contributed by atoms with Crippen molar-refractivity contribution < 1.29 is 0 Å². The molecule has 3 nitrogen and oxygen atoms in total. The zero-order chi connectivity index (χ0) is 9.56. The molecule has 0 bridgehead atoms. The molecule has 12 heavy (non-hydrogen) atoms. The van der Waals surface area contributed by atoms with Crippen molar-refractivity contribution in [2.45, 2.75) is 13.0 Å². The monoisotopic (exact) mass is 173 g/mol. The normalized spacial score (nSPS) is 14.2. The Labute approximate surface area is 76.7 Å². The van der Waals surface area contributed by atoms with Crippen molar-refractivity contribution in [3.8, 4) is 0 Å². The molecule has 0 fully saturated rings. The summed E-state index contributed by atoms with van der Waals surface area (Å²) < 4.78 is 0. The second-order valence-corrected chi connectivity index (χ2v) is 3.76. The Morgan fingerprint density at radius 1 is 1.17 bits per heavy atom. The smallest absolute Gasteiger partial charge is 0.0163 e. The van der Waals surface area contributed by atoms with E-state index in [1.54, 1.807) is 0 Å². The molecule has 74 valence electrons. The number of nitrogens with one attached hydrogen (secondary N) is 1. The molecule has 0 aliphatic carbocycles. The molecule has 0 saturated heterocycles. The first-order valence-electron chi connectivity index (χ1n) is 4.56. The van der Waals surface area contributed by atoms with E-state index >= 15 is 0 Å². The summed E-state index contributed by atoms with van der Waals surface area (Å²) in [4.78, 5) is 4.56. The molecule has 0 heterocycles. The SMILES string of the molecule is CNC(C)CN(C)CCN(C)C. The van der Waals surface area contributed by atoms with Gasteiger partial charge in [0.1, 0.15) is 0 Å². The van der Waals surface area contributed by atoms with Crippen molar-refractivity contribution in [3.05, 3.63) is 0 Å². The molecule has 0 aromatic carbocycles. The van der Waals surface area contributed by atoms with Gasteiger partial charge in [-0.25, -0.2) is 0 Å². The molecule has 0 rings (SSSR count). The predicted molar refractivity (Wildman–Crippen MR) is 54.6 cm³/mol. The summed E-state index contributed by atoms with van der Waals surface area (Å²) in [5, 5.41) is 3.23. The van der Waals surface area contributed by atoms with Crippen LogP contribution in [0, 0.1) is 0 Å². The van der Waals surface area contributed by atoms with Gasteiger partial charge in [-0.1, -0.05) is 0 Å². The number of rotatable bonds is 6. The van der Waals surface area contributed by atoms with Gasteiger partial charge >= 0.3 is 0 Å². The van der Waals surface area contributed by atoms with Crippen molar-refractivity contribution >= 4 is 0 Å². The average molecular weight is 173 g/mol. The molecular weight excluding hydrogens is 150 g/mol. The Balaban J connectivity index is 3.39. The maximum Gasteiger partial charge on any atom is 0.0163 e. The highest BCUT2D eigenvalue weighted by Gasteiger charge is 2.03. The topological polar surface area (TPSA) is 18.5 Å². The average Bonchev–Trinajstić information content (AvgIpc) is 2.00. The fourth-order valence-electron chi connectivity index (χ4n) is 1.02. The van der Waals surface area contributed by atoms with Gasteiger partial charge in [-0.3, -0.25) is 0 Å². The van der Waals surface area contributed by atoms with Crippen molar-refractivity contribution in [1.82, 2.24) is 15.1 Å². The number of hydrogen-bond acceptors (Lipinski definition) is 3. The molecule has 0 amide bonds. The molecule has 0 aromatic heterocycles. The third kappa shape index (κ3) is 6.58. The summed E-state index contributed by atoms with van der Waals surface area (Å²) in [6, 6.07) is 0.581. The van der Waals surface area contributed by atoms with Gasteiger partial charge in [0.2, 0.25) is 0 Å². The van der Waals surface area contributed by atoms with Gasteiger partial charge in [0.15, 0.2) is 0 Å². The van der Waals surface area contributed by atoms with E-state index in [2.05, 4.69) is 43.2 Å². The van der Waals surface area contributed by atoms with Gasteiger partial charge in [-0.2, -0.15) is 0 Å². The van der Waals surface area contributed by atoms with Crippen LogP contribution >= 0.6 is 0 Å². The van der Waals surface area contributed by atoms with Gasteiger partial charge in [-0.15, -0.1) is 0 Å². The van der Waals surface area contributed by atoms with Gasteiger partial charge in [0.05, 0.1) is 0 Å². The second kappa shape index (κ2) is 6.40. The lowest BCUT2D eigenvalue weighted by Crippen LogP contribution is -2.38. The molecule has 0 aliphatic rings. The highest BCUT2D eigenvalue weighted by molar-refractivity contribution is 4.63. The van der Waals surface area contributed by atoms with Crippen molar-refractivity contribution in [3.63, 3.8) is 0 Å². The first-order valence-corrected chi connectivity index (χ1v) is 4.56. The van der Waals surface area contributed by atoms with Crippen LogP contribution in [0.5, 0.6) is 0 Å². The Morgan fingerprint density at radius 2 is 1.75 bits per heavy atom.